The molecule has 6 heteroatoms. The molecule has 1 aliphatic heterocycles. The number of hydrogen-bond acceptors (Lipinski definition) is 4. The summed E-state index contributed by atoms with van der Waals surface area (Å²) in [5.74, 6) is 0.805. The number of aryl methyl sites for hydroxylation is 2. The number of benzene rings is 2. The number of carbonyl (C=O) groups excluding carboxylic acids is 2. The number of nitrogens with zero attached hydrogens (tertiary/aromatic N) is 2. The highest BCUT2D eigenvalue weighted by Gasteiger charge is 2.28. The largest absolute Gasteiger partial charge is 0.497 e. The lowest BCUT2D eigenvalue weighted by Crippen LogP contribution is -2.50. The molecule has 5 rings (SSSR count). The molecule has 5 nitrogen and oxygen atoms in total. The third-order valence-electron chi connectivity index (χ3n) is 6.14. The molecule has 2 aromatic carbocycles. The van der Waals surface area contributed by atoms with Crippen molar-refractivity contribution in [3.05, 3.63) is 76.2 Å². The summed E-state index contributed by atoms with van der Waals surface area (Å²) in [6.07, 6.45) is 2.01. The fourth-order valence-corrected chi connectivity index (χ4v) is 5.60. The first-order chi connectivity index (χ1) is 15.1. The number of amides is 2. The molecule has 0 N–H and O–H groups in total. The summed E-state index contributed by atoms with van der Waals surface area (Å²) in [7, 11) is 1.61. The number of carbonyl (C=O) groups is 2. The quantitative estimate of drug-likeness (QED) is 0.626. The van der Waals surface area contributed by atoms with Gasteiger partial charge in [-0.05, 0) is 59.9 Å². The van der Waals surface area contributed by atoms with E-state index < -0.39 is 0 Å². The lowest BCUT2D eigenvalue weighted by molar-refractivity contribution is 0.0538. The lowest BCUT2D eigenvalue weighted by atomic mass is 9.91. The van der Waals surface area contributed by atoms with E-state index in [1.165, 1.54) is 21.6 Å². The lowest BCUT2D eigenvalue weighted by Gasteiger charge is -2.34. The summed E-state index contributed by atoms with van der Waals surface area (Å²) in [5, 5.41) is 0. The standard InChI is InChI=1S/C25H24N2O3S/c1-30-20-10-8-18(9-11-20)24(28)26-12-14-27(15-13-26)25(29)22-16-19-7-6-17-4-2-3-5-21(17)23(19)31-22/h2-5,8-11,16H,6-7,12-15H2,1H3. The summed E-state index contributed by atoms with van der Waals surface area (Å²) >= 11 is 1.60. The van der Waals surface area contributed by atoms with Crippen LogP contribution in [-0.4, -0.2) is 54.9 Å². The average molecular weight is 433 g/mol. The third-order valence-corrected chi connectivity index (χ3v) is 7.34. The first-order valence-corrected chi connectivity index (χ1v) is 11.4. The minimum atomic E-state index is -0.00190. The molecule has 3 aromatic rings. The smallest absolute Gasteiger partial charge is 0.264 e. The van der Waals surface area contributed by atoms with Crippen molar-refractivity contribution in [2.45, 2.75) is 12.8 Å². The van der Waals surface area contributed by atoms with Crippen LogP contribution in [0.1, 0.15) is 31.2 Å². The van der Waals surface area contributed by atoms with E-state index in [-0.39, 0.29) is 11.8 Å². The Kier molecular flexibility index (Phi) is 5.24. The van der Waals surface area contributed by atoms with Crippen LogP contribution >= 0.6 is 11.3 Å². The predicted octanol–water partition coefficient (Wildman–Crippen LogP) is 4.12. The van der Waals surface area contributed by atoms with E-state index in [9.17, 15) is 9.59 Å². The Hall–Kier alpha value is -3.12. The van der Waals surface area contributed by atoms with Crippen molar-refractivity contribution in [1.82, 2.24) is 9.80 Å². The Morgan fingerprint density at radius 2 is 1.48 bits per heavy atom. The van der Waals surface area contributed by atoms with Gasteiger partial charge in [0.1, 0.15) is 5.75 Å². The van der Waals surface area contributed by atoms with E-state index in [4.69, 9.17) is 4.74 Å². The molecular weight excluding hydrogens is 408 g/mol. The topological polar surface area (TPSA) is 49.9 Å². The molecule has 31 heavy (non-hydrogen) atoms. The summed E-state index contributed by atoms with van der Waals surface area (Å²) < 4.78 is 5.16. The van der Waals surface area contributed by atoms with Crippen molar-refractivity contribution in [3.63, 3.8) is 0 Å². The normalized spacial score (nSPS) is 15.3. The zero-order valence-electron chi connectivity index (χ0n) is 17.5. The van der Waals surface area contributed by atoms with Gasteiger partial charge in [0, 0.05) is 36.6 Å². The van der Waals surface area contributed by atoms with Crippen molar-refractivity contribution in [1.29, 1.82) is 0 Å². The Morgan fingerprint density at radius 3 is 2.19 bits per heavy atom. The maximum absolute atomic E-state index is 13.2. The van der Waals surface area contributed by atoms with Crippen LogP contribution in [0.15, 0.2) is 54.6 Å². The van der Waals surface area contributed by atoms with E-state index >= 15 is 0 Å². The highest BCUT2D eigenvalue weighted by atomic mass is 32.1. The van der Waals surface area contributed by atoms with E-state index in [0.717, 1.165) is 23.5 Å². The number of piperazine rings is 1. The maximum Gasteiger partial charge on any atom is 0.264 e. The second-order valence-corrected chi connectivity index (χ2v) is 8.99. The van der Waals surface area contributed by atoms with E-state index in [2.05, 4.69) is 30.3 Å². The van der Waals surface area contributed by atoms with Gasteiger partial charge >= 0.3 is 0 Å². The molecule has 1 saturated heterocycles. The molecule has 158 valence electrons. The Morgan fingerprint density at radius 1 is 0.839 bits per heavy atom. The molecule has 1 fully saturated rings. The number of methoxy groups -OCH3 is 1. The van der Waals surface area contributed by atoms with Gasteiger partial charge < -0.3 is 14.5 Å². The van der Waals surface area contributed by atoms with Gasteiger partial charge in [0.25, 0.3) is 11.8 Å². The van der Waals surface area contributed by atoms with Crippen LogP contribution < -0.4 is 4.74 Å². The summed E-state index contributed by atoms with van der Waals surface area (Å²) in [6.45, 7) is 2.20. The van der Waals surface area contributed by atoms with Crippen molar-refractivity contribution in [3.8, 4) is 16.2 Å². The van der Waals surface area contributed by atoms with Gasteiger partial charge in [-0.3, -0.25) is 9.59 Å². The van der Waals surface area contributed by atoms with Crippen molar-refractivity contribution in [2.24, 2.45) is 0 Å². The molecule has 2 heterocycles. The van der Waals surface area contributed by atoms with E-state index in [0.29, 0.717) is 31.7 Å². The average Bonchev–Trinajstić information content (AvgIpc) is 3.28. The van der Waals surface area contributed by atoms with Gasteiger partial charge in [0.05, 0.1) is 12.0 Å². The Bertz CT molecular complexity index is 1130. The van der Waals surface area contributed by atoms with Crippen LogP contribution in [0.25, 0.3) is 10.4 Å². The highest BCUT2D eigenvalue weighted by molar-refractivity contribution is 7.17. The van der Waals surface area contributed by atoms with Crippen LogP contribution in [0.3, 0.4) is 0 Å². The highest BCUT2D eigenvalue weighted by Crippen LogP contribution is 2.39. The molecule has 2 aliphatic rings. The minimum absolute atomic E-state index is 0.00190. The molecule has 0 spiro atoms. The molecule has 0 bridgehead atoms. The molecule has 1 aliphatic carbocycles. The number of thiophene rings is 1. The van der Waals surface area contributed by atoms with Crippen LogP contribution in [0.4, 0.5) is 0 Å². The minimum Gasteiger partial charge on any atom is -0.497 e. The molecular formula is C25H24N2O3S. The van der Waals surface area contributed by atoms with Crippen molar-refractivity contribution >= 4 is 23.2 Å². The van der Waals surface area contributed by atoms with Crippen molar-refractivity contribution in [2.75, 3.05) is 33.3 Å². The SMILES string of the molecule is COc1ccc(C(=O)N2CCN(C(=O)c3cc4c(s3)-c3ccccc3CC4)CC2)cc1. The molecule has 2 amide bonds. The fourth-order valence-electron chi connectivity index (χ4n) is 4.36. The zero-order valence-corrected chi connectivity index (χ0v) is 18.3. The Balaban J connectivity index is 1.26. The first-order valence-electron chi connectivity index (χ1n) is 10.6. The van der Waals surface area contributed by atoms with Gasteiger partial charge in [-0.25, -0.2) is 0 Å². The number of rotatable bonds is 3. The summed E-state index contributed by atoms with van der Waals surface area (Å²) in [5.41, 5.74) is 4.55. The fraction of sp³-hybridized carbons (Fsp3) is 0.280. The number of fused-ring (bicyclic) bond motifs is 3. The third kappa shape index (κ3) is 3.72. The predicted molar refractivity (Wildman–Crippen MR) is 122 cm³/mol. The second kappa shape index (κ2) is 8.19. The maximum atomic E-state index is 13.2. The zero-order chi connectivity index (χ0) is 21.4. The molecule has 0 radical (unpaired) electrons. The van der Waals surface area contributed by atoms with Gasteiger partial charge in [0.2, 0.25) is 0 Å². The number of ether oxygens (including phenoxy) is 1. The summed E-state index contributed by atoms with van der Waals surface area (Å²) in [4.78, 5) is 31.7. The number of hydrogen-bond donors (Lipinski definition) is 0. The van der Waals surface area contributed by atoms with Crippen LogP contribution in [0, 0.1) is 0 Å². The molecule has 1 aromatic heterocycles. The van der Waals surface area contributed by atoms with Crippen LogP contribution in [0.2, 0.25) is 0 Å². The van der Waals surface area contributed by atoms with Gasteiger partial charge in [0.15, 0.2) is 0 Å². The molecule has 0 atom stereocenters. The van der Waals surface area contributed by atoms with E-state index in [1.54, 1.807) is 42.7 Å². The second-order valence-electron chi connectivity index (χ2n) is 7.94. The van der Waals surface area contributed by atoms with Gasteiger partial charge in [-0.15, -0.1) is 11.3 Å². The van der Waals surface area contributed by atoms with Crippen molar-refractivity contribution < 1.29 is 14.3 Å². The first kappa shape index (κ1) is 19.8. The Labute approximate surface area is 185 Å². The van der Waals surface area contributed by atoms with Gasteiger partial charge in [-0.2, -0.15) is 0 Å². The summed E-state index contributed by atoms with van der Waals surface area (Å²) in [6, 6.07) is 17.7. The van der Waals surface area contributed by atoms with E-state index in [1.807, 2.05) is 9.80 Å². The van der Waals surface area contributed by atoms with Crippen LogP contribution in [-0.2, 0) is 12.8 Å². The molecule has 0 unspecified atom stereocenters. The van der Waals surface area contributed by atoms with Gasteiger partial charge in [-0.1, -0.05) is 24.3 Å². The monoisotopic (exact) mass is 432 g/mol. The van der Waals surface area contributed by atoms with Crippen LogP contribution in [0.5, 0.6) is 5.75 Å². The molecule has 0 saturated carbocycles.